The van der Waals surface area contributed by atoms with Gasteiger partial charge in [-0.1, -0.05) is 26.7 Å². The van der Waals surface area contributed by atoms with Gasteiger partial charge in [0.05, 0.1) is 6.61 Å². The highest BCUT2D eigenvalue weighted by Gasteiger charge is 2.33. The van der Waals surface area contributed by atoms with Crippen LogP contribution in [-0.2, 0) is 0 Å². The van der Waals surface area contributed by atoms with Crippen molar-refractivity contribution in [2.45, 2.75) is 45.4 Å². The molecule has 0 aromatic carbocycles. The molecule has 0 aliphatic heterocycles. The Morgan fingerprint density at radius 3 is 2.68 bits per heavy atom. The molecule has 6 nitrogen and oxygen atoms in total. The number of hydrogen-bond donors (Lipinski definition) is 3. The maximum atomic E-state index is 12.0. The van der Waals surface area contributed by atoms with Crippen molar-refractivity contribution in [1.82, 2.24) is 20.5 Å². The molecule has 1 aliphatic rings. The van der Waals surface area contributed by atoms with E-state index in [4.69, 9.17) is 0 Å². The van der Waals surface area contributed by atoms with Gasteiger partial charge in [0.1, 0.15) is 5.82 Å². The monoisotopic (exact) mass is 266 g/mol. The van der Waals surface area contributed by atoms with Gasteiger partial charge in [-0.05, 0) is 12.8 Å². The van der Waals surface area contributed by atoms with Gasteiger partial charge < -0.3 is 10.4 Å². The lowest BCUT2D eigenvalue weighted by atomic mass is 9.87. The number of nitrogens with one attached hydrogen (secondary N) is 2. The average Bonchev–Trinajstić information content (AvgIpc) is 3.06. The third kappa shape index (κ3) is 3.12. The maximum Gasteiger partial charge on any atom is 0.290 e. The number of amides is 1. The number of nitrogens with zero attached hydrogens (tertiary/aromatic N) is 2. The second-order valence-corrected chi connectivity index (χ2v) is 5.75. The molecule has 1 aromatic rings. The highest BCUT2D eigenvalue weighted by Crippen LogP contribution is 2.36. The van der Waals surface area contributed by atoms with Gasteiger partial charge in [0.15, 0.2) is 0 Å². The fourth-order valence-electron chi connectivity index (χ4n) is 2.50. The Kier molecular flexibility index (Phi) is 4.19. The first-order chi connectivity index (χ1) is 9.06. The number of H-pyrrole nitrogens is 1. The average molecular weight is 266 g/mol. The summed E-state index contributed by atoms with van der Waals surface area (Å²) in [5, 5.41) is 19.0. The van der Waals surface area contributed by atoms with E-state index in [0.717, 1.165) is 25.7 Å². The molecule has 1 aromatic heterocycles. The van der Waals surface area contributed by atoms with Crippen LogP contribution in [0.3, 0.4) is 0 Å². The van der Waals surface area contributed by atoms with Crippen LogP contribution in [0.4, 0.5) is 0 Å². The van der Waals surface area contributed by atoms with Gasteiger partial charge in [-0.15, -0.1) is 5.10 Å². The van der Waals surface area contributed by atoms with Gasteiger partial charge in [-0.25, -0.2) is 4.98 Å². The second kappa shape index (κ2) is 5.69. The van der Waals surface area contributed by atoms with Gasteiger partial charge in [-0.2, -0.15) is 0 Å². The third-order valence-corrected chi connectivity index (χ3v) is 3.88. The molecule has 0 saturated heterocycles. The number of aromatic amines is 1. The lowest BCUT2D eigenvalue weighted by Gasteiger charge is -2.26. The Balaban J connectivity index is 1.93. The summed E-state index contributed by atoms with van der Waals surface area (Å²) in [6.07, 6.45) is 4.17. The van der Waals surface area contributed by atoms with Crippen LogP contribution < -0.4 is 5.32 Å². The first-order valence-electron chi connectivity index (χ1n) is 6.88. The Hall–Kier alpha value is -1.43. The molecule has 0 radical (unpaired) electrons. The molecule has 1 saturated carbocycles. The minimum atomic E-state index is -0.275. The maximum absolute atomic E-state index is 12.0. The molecule has 0 atom stereocenters. The summed E-state index contributed by atoms with van der Waals surface area (Å²) in [4.78, 5) is 16.1. The normalized spacial score (nSPS) is 17.9. The number of aliphatic hydroxyl groups excluding tert-OH is 1. The first kappa shape index (κ1) is 14.0. The zero-order chi connectivity index (χ0) is 13.9. The summed E-state index contributed by atoms with van der Waals surface area (Å²) in [5.74, 6) is 0.827. The van der Waals surface area contributed by atoms with E-state index in [2.05, 4.69) is 20.5 Å². The van der Waals surface area contributed by atoms with Crippen molar-refractivity contribution >= 4 is 5.91 Å². The summed E-state index contributed by atoms with van der Waals surface area (Å²) < 4.78 is 0. The molecule has 2 rings (SSSR count). The highest BCUT2D eigenvalue weighted by atomic mass is 16.3. The van der Waals surface area contributed by atoms with Crippen LogP contribution in [0, 0.1) is 5.41 Å². The number of rotatable bonds is 5. The smallest absolute Gasteiger partial charge is 0.290 e. The Labute approximate surface area is 113 Å². The fraction of sp³-hybridized carbons (Fsp3) is 0.769. The van der Waals surface area contributed by atoms with Crippen LogP contribution in [0.5, 0.6) is 0 Å². The van der Waals surface area contributed by atoms with Gasteiger partial charge in [0, 0.05) is 17.9 Å². The summed E-state index contributed by atoms with van der Waals surface area (Å²) in [6, 6.07) is 0. The van der Waals surface area contributed by atoms with Crippen molar-refractivity contribution in [3.8, 4) is 0 Å². The molecule has 1 aliphatic carbocycles. The lowest BCUT2D eigenvalue weighted by molar-refractivity contribution is 0.0871. The molecule has 0 spiro atoms. The molecule has 1 heterocycles. The highest BCUT2D eigenvalue weighted by molar-refractivity contribution is 5.90. The minimum absolute atomic E-state index is 0.124. The number of carbonyl (C=O) groups excluding carboxylic acids is 1. The van der Waals surface area contributed by atoms with E-state index in [9.17, 15) is 9.90 Å². The van der Waals surface area contributed by atoms with Crippen molar-refractivity contribution in [2.75, 3.05) is 13.2 Å². The Bertz CT molecular complexity index is 436. The second-order valence-electron chi connectivity index (χ2n) is 5.75. The SMILES string of the molecule is CC(C)c1nc(C(=O)NCC2(CO)CCCC2)n[nH]1. The van der Waals surface area contributed by atoms with Crippen molar-refractivity contribution in [3.63, 3.8) is 0 Å². The van der Waals surface area contributed by atoms with Crippen LogP contribution in [0.2, 0.25) is 0 Å². The van der Waals surface area contributed by atoms with E-state index in [1.807, 2.05) is 13.8 Å². The molecular weight excluding hydrogens is 244 g/mol. The van der Waals surface area contributed by atoms with E-state index >= 15 is 0 Å². The largest absolute Gasteiger partial charge is 0.396 e. The third-order valence-electron chi connectivity index (χ3n) is 3.88. The Morgan fingerprint density at radius 2 is 2.16 bits per heavy atom. The minimum Gasteiger partial charge on any atom is -0.396 e. The van der Waals surface area contributed by atoms with Crippen LogP contribution >= 0.6 is 0 Å². The van der Waals surface area contributed by atoms with Gasteiger partial charge in [0.25, 0.3) is 5.91 Å². The molecule has 1 amide bonds. The van der Waals surface area contributed by atoms with E-state index in [-0.39, 0.29) is 29.7 Å². The van der Waals surface area contributed by atoms with Gasteiger partial charge >= 0.3 is 0 Å². The van der Waals surface area contributed by atoms with Crippen LogP contribution in [0.15, 0.2) is 0 Å². The molecule has 0 unspecified atom stereocenters. The lowest BCUT2D eigenvalue weighted by Crippen LogP contribution is -2.38. The summed E-state index contributed by atoms with van der Waals surface area (Å²) in [6.45, 7) is 4.59. The summed E-state index contributed by atoms with van der Waals surface area (Å²) in [5.41, 5.74) is -0.146. The molecule has 106 valence electrons. The zero-order valence-electron chi connectivity index (χ0n) is 11.6. The van der Waals surface area contributed by atoms with E-state index < -0.39 is 0 Å². The number of carbonyl (C=O) groups is 1. The predicted molar refractivity (Wildman–Crippen MR) is 70.8 cm³/mol. The summed E-state index contributed by atoms with van der Waals surface area (Å²) >= 11 is 0. The van der Waals surface area contributed by atoms with Gasteiger partial charge in [-0.3, -0.25) is 9.89 Å². The number of aliphatic hydroxyl groups is 1. The molecule has 19 heavy (non-hydrogen) atoms. The van der Waals surface area contributed by atoms with Crippen LogP contribution in [0.1, 0.15) is 61.9 Å². The molecule has 6 heteroatoms. The number of aromatic nitrogens is 3. The van der Waals surface area contributed by atoms with E-state index in [1.165, 1.54) is 0 Å². The molecule has 1 fully saturated rings. The van der Waals surface area contributed by atoms with E-state index in [1.54, 1.807) is 0 Å². The van der Waals surface area contributed by atoms with Crippen LogP contribution in [0.25, 0.3) is 0 Å². The predicted octanol–water partition coefficient (Wildman–Crippen LogP) is 1.21. The summed E-state index contributed by atoms with van der Waals surface area (Å²) in [7, 11) is 0. The van der Waals surface area contributed by atoms with Gasteiger partial charge in [0.2, 0.25) is 5.82 Å². The number of hydrogen-bond acceptors (Lipinski definition) is 4. The fourth-order valence-corrected chi connectivity index (χ4v) is 2.50. The topological polar surface area (TPSA) is 90.9 Å². The van der Waals surface area contributed by atoms with Crippen molar-refractivity contribution in [1.29, 1.82) is 0 Å². The molecule has 3 N–H and O–H groups in total. The molecule has 0 bridgehead atoms. The Morgan fingerprint density at radius 1 is 1.47 bits per heavy atom. The zero-order valence-corrected chi connectivity index (χ0v) is 11.6. The van der Waals surface area contributed by atoms with Crippen molar-refractivity contribution in [3.05, 3.63) is 11.6 Å². The van der Waals surface area contributed by atoms with Crippen LogP contribution in [-0.4, -0.2) is 39.3 Å². The van der Waals surface area contributed by atoms with Crippen molar-refractivity contribution in [2.24, 2.45) is 5.41 Å². The molecular formula is C13H22N4O2. The van der Waals surface area contributed by atoms with E-state index in [0.29, 0.717) is 12.4 Å². The quantitative estimate of drug-likeness (QED) is 0.747. The standard InChI is InChI=1S/C13H22N4O2/c1-9(2)10-15-11(17-16-10)12(19)14-7-13(8-18)5-3-4-6-13/h9,18H,3-8H2,1-2H3,(H,14,19)(H,15,16,17). The first-order valence-corrected chi connectivity index (χ1v) is 6.88. The van der Waals surface area contributed by atoms with Crippen molar-refractivity contribution < 1.29 is 9.90 Å².